The van der Waals surface area contributed by atoms with E-state index in [-0.39, 0.29) is 11.3 Å². The van der Waals surface area contributed by atoms with Crippen LogP contribution < -0.4 is 5.43 Å². The smallest absolute Gasteiger partial charge is 0.181 e. The van der Waals surface area contributed by atoms with Gasteiger partial charge in [-0.25, -0.2) is 0 Å². The Bertz CT molecular complexity index is 589. The summed E-state index contributed by atoms with van der Waals surface area (Å²) < 4.78 is 0. The maximum atomic E-state index is 11.4. The van der Waals surface area contributed by atoms with Crippen molar-refractivity contribution < 1.29 is 0 Å². The molecule has 0 fully saturated rings. The van der Waals surface area contributed by atoms with Crippen LogP contribution in [0.2, 0.25) is 0 Å². The van der Waals surface area contributed by atoms with Gasteiger partial charge in [0.05, 0.1) is 5.69 Å². The molecule has 2 aromatic rings. The summed E-state index contributed by atoms with van der Waals surface area (Å²) in [5.74, 6) is 0.244. The summed E-state index contributed by atoms with van der Waals surface area (Å²) in [5.41, 5.74) is 3.48. The van der Waals surface area contributed by atoms with Gasteiger partial charge in [-0.1, -0.05) is 6.07 Å². The number of nitrogens with zero attached hydrogens (tertiary/aromatic N) is 1. The Morgan fingerprint density at radius 1 is 1.35 bits per heavy atom. The molecule has 0 spiro atoms. The molecule has 0 bridgehead atoms. The number of rotatable bonds is 1. The minimum Gasteiger partial charge on any atom is -0.364 e. The average molecular weight is 226 g/mol. The number of aromatic amines is 1. The zero-order valence-corrected chi connectivity index (χ0v) is 9.52. The highest BCUT2D eigenvalue weighted by Crippen LogP contribution is 2.33. The first-order chi connectivity index (χ1) is 8.34. The minimum atomic E-state index is 0.0572. The molecular formula is C14H14N2O. The van der Waals surface area contributed by atoms with Crippen LogP contribution in [-0.2, 0) is 6.42 Å². The first-order valence-corrected chi connectivity index (χ1v) is 5.97. The summed E-state index contributed by atoms with van der Waals surface area (Å²) in [4.78, 5) is 19.1. The molecule has 0 amide bonds. The summed E-state index contributed by atoms with van der Waals surface area (Å²) in [6, 6.07) is 7.35. The van der Waals surface area contributed by atoms with Gasteiger partial charge in [0, 0.05) is 36.1 Å². The van der Waals surface area contributed by atoms with Gasteiger partial charge >= 0.3 is 0 Å². The van der Waals surface area contributed by atoms with Crippen LogP contribution in [-0.4, -0.2) is 9.97 Å². The third-order valence-electron chi connectivity index (χ3n) is 3.37. The van der Waals surface area contributed by atoms with Gasteiger partial charge in [0.1, 0.15) is 0 Å². The zero-order chi connectivity index (χ0) is 11.7. The largest absolute Gasteiger partial charge is 0.364 e. The van der Waals surface area contributed by atoms with Crippen molar-refractivity contribution in [3.05, 3.63) is 63.8 Å². The van der Waals surface area contributed by atoms with Crippen molar-refractivity contribution in [3.63, 3.8) is 0 Å². The quantitative estimate of drug-likeness (QED) is 0.810. The molecule has 3 heteroatoms. The highest BCUT2D eigenvalue weighted by molar-refractivity contribution is 5.32. The Kier molecular flexibility index (Phi) is 2.52. The fraction of sp³-hybridized carbons (Fsp3) is 0.286. The van der Waals surface area contributed by atoms with E-state index in [1.165, 1.54) is 5.56 Å². The zero-order valence-electron chi connectivity index (χ0n) is 9.52. The van der Waals surface area contributed by atoms with E-state index in [9.17, 15) is 4.79 Å². The van der Waals surface area contributed by atoms with E-state index in [2.05, 4.69) is 16.0 Å². The Morgan fingerprint density at radius 2 is 2.29 bits per heavy atom. The molecule has 1 N–H and O–H groups in total. The van der Waals surface area contributed by atoms with Crippen LogP contribution >= 0.6 is 0 Å². The van der Waals surface area contributed by atoms with Gasteiger partial charge in [-0.3, -0.25) is 9.78 Å². The second-order valence-electron chi connectivity index (χ2n) is 4.47. The summed E-state index contributed by atoms with van der Waals surface area (Å²) in [7, 11) is 0. The standard InChI is InChI=1S/C14H14N2O/c17-11-6-8-15-13(9-11)12-5-1-3-10-4-2-7-16-14(10)12/h2,4,6-9,12H,1,3,5H2,(H,15,17). The van der Waals surface area contributed by atoms with E-state index in [4.69, 9.17) is 0 Å². The summed E-state index contributed by atoms with van der Waals surface area (Å²) in [5, 5.41) is 0. The van der Waals surface area contributed by atoms with Gasteiger partial charge in [-0.15, -0.1) is 0 Å². The first kappa shape index (κ1) is 10.3. The van der Waals surface area contributed by atoms with Crippen molar-refractivity contribution >= 4 is 0 Å². The molecule has 2 aromatic heterocycles. The predicted octanol–water partition coefficient (Wildman–Crippen LogP) is 2.24. The van der Waals surface area contributed by atoms with Crippen LogP contribution in [0.25, 0.3) is 0 Å². The highest BCUT2D eigenvalue weighted by Gasteiger charge is 2.23. The SMILES string of the molecule is O=c1cc[nH]c(C2CCCc3cccnc32)c1. The molecule has 2 heterocycles. The van der Waals surface area contributed by atoms with Crippen LogP contribution in [0.4, 0.5) is 0 Å². The second kappa shape index (κ2) is 4.17. The fourth-order valence-corrected chi connectivity index (χ4v) is 2.58. The fourth-order valence-electron chi connectivity index (χ4n) is 2.58. The summed E-state index contributed by atoms with van der Waals surface area (Å²) in [6.07, 6.45) is 6.86. The number of hydrogen-bond acceptors (Lipinski definition) is 2. The Balaban J connectivity index is 2.09. The molecule has 1 atom stereocenters. The average Bonchev–Trinajstić information content (AvgIpc) is 2.38. The molecule has 0 aliphatic heterocycles. The maximum Gasteiger partial charge on any atom is 0.181 e. The van der Waals surface area contributed by atoms with Crippen molar-refractivity contribution in [1.82, 2.24) is 9.97 Å². The van der Waals surface area contributed by atoms with E-state index < -0.39 is 0 Å². The summed E-state index contributed by atoms with van der Waals surface area (Å²) in [6.45, 7) is 0. The lowest BCUT2D eigenvalue weighted by Crippen LogP contribution is -2.15. The Labute approximate surface area is 99.5 Å². The van der Waals surface area contributed by atoms with Crippen LogP contribution in [0.3, 0.4) is 0 Å². The van der Waals surface area contributed by atoms with Gasteiger partial charge in [0.2, 0.25) is 0 Å². The van der Waals surface area contributed by atoms with E-state index >= 15 is 0 Å². The van der Waals surface area contributed by atoms with E-state index in [0.29, 0.717) is 0 Å². The molecule has 86 valence electrons. The highest BCUT2D eigenvalue weighted by atomic mass is 16.1. The molecule has 1 aliphatic rings. The lowest BCUT2D eigenvalue weighted by molar-refractivity contribution is 0.587. The molecule has 0 saturated carbocycles. The third kappa shape index (κ3) is 1.88. The van der Waals surface area contributed by atoms with Crippen molar-refractivity contribution in [2.24, 2.45) is 0 Å². The number of nitrogens with one attached hydrogen (secondary N) is 1. The van der Waals surface area contributed by atoms with Gasteiger partial charge in [-0.2, -0.15) is 0 Å². The molecule has 0 saturated heterocycles. The van der Waals surface area contributed by atoms with Crippen LogP contribution in [0, 0.1) is 0 Å². The first-order valence-electron chi connectivity index (χ1n) is 5.97. The number of H-pyrrole nitrogens is 1. The lowest BCUT2D eigenvalue weighted by Gasteiger charge is -2.24. The predicted molar refractivity (Wildman–Crippen MR) is 66.1 cm³/mol. The van der Waals surface area contributed by atoms with Crippen molar-refractivity contribution in [1.29, 1.82) is 0 Å². The Morgan fingerprint density at radius 3 is 3.18 bits per heavy atom. The van der Waals surface area contributed by atoms with Crippen LogP contribution in [0.5, 0.6) is 0 Å². The number of pyridine rings is 2. The van der Waals surface area contributed by atoms with Crippen molar-refractivity contribution in [2.45, 2.75) is 25.2 Å². The van der Waals surface area contributed by atoms with Crippen molar-refractivity contribution in [2.75, 3.05) is 0 Å². The second-order valence-corrected chi connectivity index (χ2v) is 4.47. The van der Waals surface area contributed by atoms with E-state index in [1.807, 2.05) is 12.3 Å². The molecule has 1 unspecified atom stereocenters. The monoisotopic (exact) mass is 226 g/mol. The van der Waals surface area contributed by atoms with Gasteiger partial charge in [-0.05, 0) is 30.9 Å². The molecule has 1 aliphatic carbocycles. The lowest BCUT2D eigenvalue weighted by atomic mass is 9.84. The summed E-state index contributed by atoms with van der Waals surface area (Å²) >= 11 is 0. The number of fused-ring (bicyclic) bond motifs is 1. The normalized spacial score (nSPS) is 18.7. The topological polar surface area (TPSA) is 45.8 Å². The van der Waals surface area contributed by atoms with Gasteiger partial charge < -0.3 is 4.98 Å². The van der Waals surface area contributed by atoms with Crippen molar-refractivity contribution in [3.8, 4) is 0 Å². The van der Waals surface area contributed by atoms with Crippen LogP contribution in [0.15, 0.2) is 41.5 Å². The van der Waals surface area contributed by atoms with Gasteiger partial charge in [0.15, 0.2) is 5.43 Å². The molecule has 3 rings (SSSR count). The molecule has 17 heavy (non-hydrogen) atoms. The van der Waals surface area contributed by atoms with Crippen LogP contribution in [0.1, 0.15) is 35.7 Å². The Hall–Kier alpha value is -1.90. The number of aryl methyl sites for hydroxylation is 1. The molecule has 0 radical (unpaired) electrons. The number of hydrogen-bond donors (Lipinski definition) is 1. The maximum absolute atomic E-state index is 11.4. The molecular weight excluding hydrogens is 212 g/mol. The molecule has 0 aromatic carbocycles. The third-order valence-corrected chi connectivity index (χ3v) is 3.37. The number of aromatic nitrogens is 2. The van der Waals surface area contributed by atoms with E-state index in [0.717, 1.165) is 30.7 Å². The molecule has 3 nitrogen and oxygen atoms in total. The van der Waals surface area contributed by atoms with Gasteiger partial charge in [0.25, 0.3) is 0 Å². The minimum absolute atomic E-state index is 0.0572. The van der Waals surface area contributed by atoms with E-state index in [1.54, 1.807) is 18.3 Å².